The van der Waals surface area contributed by atoms with E-state index in [9.17, 15) is 0 Å². The Morgan fingerprint density at radius 1 is 1.27 bits per heavy atom. The summed E-state index contributed by atoms with van der Waals surface area (Å²) in [6.07, 6.45) is 5.95. The molecule has 0 aliphatic carbocycles. The zero-order valence-corrected chi connectivity index (χ0v) is 15.1. The lowest BCUT2D eigenvalue weighted by Crippen LogP contribution is -2.39. The minimum atomic E-state index is 0.274. The van der Waals surface area contributed by atoms with Crippen LogP contribution in [0, 0.1) is 0 Å². The van der Waals surface area contributed by atoms with Crippen LogP contribution in [0.5, 0.6) is 0 Å². The van der Waals surface area contributed by atoms with Crippen LogP contribution in [-0.4, -0.2) is 54.6 Å². The number of nitrogens with two attached hydrogens (primary N) is 1. The Balaban J connectivity index is 1.56. The fraction of sp³-hybridized carbons (Fsp3) is 0.647. The Morgan fingerprint density at radius 3 is 2.68 bits per heavy atom. The number of hydrogen-bond donors (Lipinski definition) is 1. The monoisotopic (exact) mass is 340 g/mol. The zero-order valence-electron chi connectivity index (χ0n) is 13.4. The minimum absolute atomic E-state index is 0.274. The summed E-state index contributed by atoms with van der Waals surface area (Å²) in [5.41, 5.74) is 6.26. The molecule has 2 rings (SSSR count). The number of thioether (sulfide) groups is 2. The molecule has 1 aromatic carbocycles. The van der Waals surface area contributed by atoms with Gasteiger partial charge in [0.2, 0.25) is 0 Å². The molecule has 0 amide bonds. The maximum Gasteiger partial charge on any atom is 0.0921 e. The van der Waals surface area contributed by atoms with Crippen molar-refractivity contribution in [3.8, 4) is 0 Å². The van der Waals surface area contributed by atoms with Gasteiger partial charge in [-0.2, -0.15) is 0 Å². The minimum Gasteiger partial charge on any atom is -0.368 e. The quantitative estimate of drug-likeness (QED) is 0.551. The highest BCUT2D eigenvalue weighted by Gasteiger charge is 2.19. The van der Waals surface area contributed by atoms with Gasteiger partial charge < -0.3 is 15.4 Å². The van der Waals surface area contributed by atoms with E-state index >= 15 is 0 Å². The van der Waals surface area contributed by atoms with Crippen molar-refractivity contribution in [3.63, 3.8) is 0 Å². The summed E-state index contributed by atoms with van der Waals surface area (Å²) in [6.45, 7) is 3.42. The number of piperidine rings is 1. The lowest BCUT2D eigenvalue weighted by Gasteiger charge is -2.32. The smallest absolute Gasteiger partial charge is 0.0921 e. The first-order valence-electron chi connectivity index (χ1n) is 8.04. The molecule has 1 atom stereocenters. The number of benzene rings is 1. The molecule has 2 N–H and O–H groups in total. The first-order valence-corrected chi connectivity index (χ1v) is 10.4. The highest BCUT2D eigenvalue weighted by Crippen LogP contribution is 2.19. The largest absolute Gasteiger partial charge is 0.368 e. The third kappa shape index (κ3) is 6.92. The SMILES string of the molecule is CSCOC1CCN(CC[C@@H](N)CSc2ccccc2)CC1. The van der Waals surface area contributed by atoms with Gasteiger partial charge in [-0.15, -0.1) is 23.5 Å². The highest BCUT2D eigenvalue weighted by molar-refractivity contribution is 7.99. The first-order chi connectivity index (χ1) is 10.8. The van der Waals surface area contributed by atoms with Gasteiger partial charge in [0.1, 0.15) is 0 Å². The van der Waals surface area contributed by atoms with Gasteiger partial charge in [0.25, 0.3) is 0 Å². The first kappa shape index (κ1) is 18.1. The molecular weight excluding hydrogens is 312 g/mol. The third-order valence-corrected chi connectivity index (χ3v) is 5.55. The van der Waals surface area contributed by atoms with Crippen LogP contribution in [0.4, 0.5) is 0 Å². The second kappa shape index (κ2) is 10.6. The Morgan fingerprint density at radius 2 is 2.00 bits per heavy atom. The van der Waals surface area contributed by atoms with E-state index in [0.29, 0.717) is 6.10 Å². The van der Waals surface area contributed by atoms with Crippen LogP contribution in [0.1, 0.15) is 19.3 Å². The molecule has 22 heavy (non-hydrogen) atoms. The molecule has 5 heteroatoms. The van der Waals surface area contributed by atoms with Crippen molar-refractivity contribution in [1.29, 1.82) is 0 Å². The van der Waals surface area contributed by atoms with Crippen molar-refractivity contribution in [2.75, 3.05) is 37.6 Å². The summed E-state index contributed by atoms with van der Waals surface area (Å²) in [4.78, 5) is 3.84. The Labute approximate surface area is 143 Å². The summed E-state index contributed by atoms with van der Waals surface area (Å²) in [5, 5.41) is 0. The molecule has 1 fully saturated rings. The summed E-state index contributed by atoms with van der Waals surface area (Å²) in [6, 6.07) is 10.8. The summed E-state index contributed by atoms with van der Waals surface area (Å²) < 4.78 is 5.80. The molecule has 0 bridgehead atoms. The number of rotatable bonds is 9. The van der Waals surface area contributed by atoms with Crippen LogP contribution in [0.25, 0.3) is 0 Å². The molecule has 0 radical (unpaired) electrons. The molecule has 1 heterocycles. The fourth-order valence-corrected chi connectivity index (χ4v) is 3.87. The van der Waals surface area contributed by atoms with Crippen LogP contribution in [0.2, 0.25) is 0 Å². The van der Waals surface area contributed by atoms with Gasteiger partial charge in [-0.05, 0) is 44.2 Å². The molecule has 1 aliphatic heterocycles. The summed E-state index contributed by atoms with van der Waals surface area (Å²) in [5.74, 6) is 1.82. The maximum atomic E-state index is 6.26. The molecular formula is C17H28N2OS2. The van der Waals surface area contributed by atoms with E-state index in [1.54, 1.807) is 11.8 Å². The van der Waals surface area contributed by atoms with Crippen molar-refractivity contribution in [3.05, 3.63) is 30.3 Å². The van der Waals surface area contributed by atoms with Gasteiger partial charge in [-0.1, -0.05) is 18.2 Å². The van der Waals surface area contributed by atoms with Crippen LogP contribution in [0.3, 0.4) is 0 Å². The van der Waals surface area contributed by atoms with Crippen LogP contribution in [0.15, 0.2) is 35.2 Å². The van der Waals surface area contributed by atoms with Crippen molar-refractivity contribution in [2.24, 2.45) is 5.73 Å². The van der Waals surface area contributed by atoms with Gasteiger partial charge in [-0.25, -0.2) is 0 Å². The number of hydrogen-bond acceptors (Lipinski definition) is 5. The van der Waals surface area contributed by atoms with Crippen molar-refractivity contribution in [2.45, 2.75) is 36.3 Å². The van der Waals surface area contributed by atoms with E-state index in [1.165, 1.54) is 4.90 Å². The number of likely N-dealkylation sites (tertiary alicyclic amines) is 1. The molecule has 1 saturated heterocycles. The molecule has 1 aliphatic rings. The number of nitrogens with zero attached hydrogens (tertiary/aromatic N) is 1. The standard InChI is InChI=1S/C17H28N2OS2/c1-21-14-20-16-8-11-19(12-9-16)10-7-15(18)13-22-17-5-3-2-4-6-17/h2-6,15-16H,7-14,18H2,1H3/t15-/m1/s1. The predicted molar refractivity (Wildman–Crippen MR) is 98.7 cm³/mol. The van der Waals surface area contributed by atoms with Crippen molar-refractivity contribution < 1.29 is 4.74 Å². The number of ether oxygens (including phenoxy) is 1. The van der Waals surface area contributed by atoms with Gasteiger partial charge >= 0.3 is 0 Å². The Bertz CT molecular complexity index is 397. The lowest BCUT2D eigenvalue weighted by atomic mass is 10.1. The zero-order chi connectivity index (χ0) is 15.6. The summed E-state index contributed by atoms with van der Waals surface area (Å²) in [7, 11) is 0. The summed E-state index contributed by atoms with van der Waals surface area (Å²) >= 11 is 3.62. The molecule has 3 nitrogen and oxygen atoms in total. The average Bonchev–Trinajstić information content (AvgIpc) is 2.58. The molecule has 0 spiro atoms. The van der Waals surface area contributed by atoms with E-state index in [2.05, 4.69) is 41.5 Å². The van der Waals surface area contributed by atoms with Gasteiger partial charge in [-0.3, -0.25) is 0 Å². The normalized spacial score (nSPS) is 18.5. The van der Waals surface area contributed by atoms with E-state index in [1.807, 2.05) is 11.8 Å². The topological polar surface area (TPSA) is 38.5 Å². The Kier molecular flexibility index (Phi) is 8.70. The Hall–Kier alpha value is -0.200. The van der Waals surface area contributed by atoms with E-state index in [0.717, 1.165) is 50.6 Å². The second-order valence-corrected chi connectivity index (χ2v) is 7.69. The molecule has 0 saturated carbocycles. The lowest BCUT2D eigenvalue weighted by molar-refractivity contribution is 0.0324. The van der Waals surface area contributed by atoms with Gasteiger partial charge in [0, 0.05) is 29.8 Å². The van der Waals surface area contributed by atoms with Gasteiger partial charge in [0.15, 0.2) is 0 Å². The van der Waals surface area contributed by atoms with Crippen LogP contribution in [-0.2, 0) is 4.74 Å². The molecule has 124 valence electrons. The van der Waals surface area contributed by atoms with Crippen molar-refractivity contribution in [1.82, 2.24) is 4.90 Å². The molecule has 0 unspecified atom stereocenters. The fourth-order valence-electron chi connectivity index (χ4n) is 2.62. The van der Waals surface area contributed by atoms with Gasteiger partial charge in [0.05, 0.1) is 12.0 Å². The second-order valence-electron chi connectivity index (χ2n) is 5.79. The average molecular weight is 341 g/mol. The van der Waals surface area contributed by atoms with E-state index in [4.69, 9.17) is 10.5 Å². The maximum absolute atomic E-state index is 6.26. The van der Waals surface area contributed by atoms with Crippen molar-refractivity contribution >= 4 is 23.5 Å². The van der Waals surface area contributed by atoms with E-state index in [-0.39, 0.29) is 6.04 Å². The van der Waals surface area contributed by atoms with E-state index < -0.39 is 0 Å². The molecule has 1 aromatic rings. The third-order valence-electron chi connectivity index (χ3n) is 3.98. The van der Waals surface area contributed by atoms with Crippen LogP contribution >= 0.6 is 23.5 Å². The predicted octanol–water partition coefficient (Wildman–Crippen LogP) is 3.30. The highest BCUT2D eigenvalue weighted by atomic mass is 32.2. The molecule has 0 aromatic heterocycles. The van der Waals surface area contributed by atoms with Crippen LogP contribution < -0.4 is 5.73 Å².